The highest BCUT2D eigenvalue weighted by molar-refractivity contribution is 7.91. The molecule has 136 valence electrons. The lowest BCUT2D eigenvalue weighted by Gasteiger charge is -2.31. The van der Waals surface area contributed by atoms with Crippen LogP contribution in [0.1, 0.15) is 33.3 Å². The Hall–Kier alpha value is -1.11. The highest BCUT2D eigenvalue weighted by Crippen LogP contribution is 2.23. The molecule has 0 radical (unpaired) electrons. The molecule has 2 rings (SSSR count). The zero-order valence-corrected chi connectivity index (χ0v) is 16.3. The number of carbonyl (C=O) groups is 1. The molecule has 1 saturated heterocycles. The second kappa shape index (κ2) is 7.85. The number of carbonyl (C=O) groups excluding carboxylic acids is 1. The number of sulfone groups is 1. The average molecular weight is 375 g/mol. The standard InChI is InChI=1S/C17H26N2O3S.ClH/c1-12(14-9-18-10-14)16(20)19-15-7-5-6-13(8-15)11-23(21,22)17(2,3)4;/h5-8,12,14,18H,9-11H2,1-4H3,(H,19,20);1H. The fourth-order valence-corrected chi connectivity index (χ4v) is 3.36. The first-order valence-corrected chi connectivity index (χ1v) is 9.58. The minimum Gasteiger partial charge on any atom is -0.326 e. The predicted molar refractivity (Wildman–Crippen MR) is 100 cm³/mol. The van der Waals surface area contributed by atoms with Gasteiger partial charge in [0.2, 0.25) is 5.91 Å². The fraction of sp³-hybridized carbons (Fsp3) is 0.588. The van der Waals surface area contributed by atoms with Crippen molar-refractivity contribution >= 4 is 33.8 Å². The van der Waals surface area contributed by atoms with Crippen molar-refractivity contribution in [3.63, 3.8) is 0 Å². The molecule has 1 heterocycles. The monoisotopic (exact) mass is 374 g/mol. The first-order valence-electron chi connectivity index (χ1n) is 7.93. The quantitative estimate of drug-likeness (QED) is 0.830. The predicted octanol–water partition coefficient (Wildman–Crippen LogP) is 2.62. The number of anilines is 1. The second-order valence-corrected chi connectivity index (χ2v) is 10.0. The van der Waals surface area contributed by atoms with Crippen LogP contribution in [0.25, 0.3) is 0 Å². The van der Waals surface area contributed by atoms with Gasteiger partial charge in [-0.2, -0.15) is 0 Å². The Morgan fingerprint density at radius 1 is 1.33 bits per heavy atom. The maximum absolute atomic E-state index is 12.3. The number of nitrogens with one attached hydrogen (secondary N) is 2. The summed E-state index contributed by atoms with van der Waals surface area (Å²) in [4.78, 5) is 12.2. The van der Waals surface area contributed by atoms with Gasteiger partial charge in [-0.1, -0.05) is 19.1 Å². The molecule has 1 aromatic carbocycles. The lowest BCUT2D eigenvalue weighted by atomic mass is 9.88. The Morgan fingerprint density at radius 3 is 2.46 bits per heavy atom. The molecule has 5 nitrogen and oxygen atoms in total. The lowest BCUT2D eigenvalue weighted by Crippen LogP contribution is -2.48. The van der Waals surface area contributed by atoms with Crippen LogP contribution in [0.5, 0.6) is 0 Å². The number of amides is 1. The van der Waals surface area contributed by atoms with Gasteiger partial charge in [-0.25, -0.2) is 8.42 Å². The fourth-order valence-electron chi connectivity index (χ4n) is 2.31. The van der Waals surface area contributed by atoms with Crippen LogP contribution in [0.3, 0.4) is 0 Å². The minimum atomic E-state index is -3.24. The molecule has 1 aliphatic rings. The van der Waals surface area contributed by atoms with Gasteiger partial charge in [0.05, 0.1) is 10.5 Å². The highest BCUT2D eigenvalue weighted by atomic mass is 35.5. The number of benzene rings is 1. The first-order chi connectivity index (χ1) is 10.6. The third-order valence-electron chi connectivity index (χ3n) is 4.42. The van der Waals surface area contributed by atoms with Crippen molar-refractivity contribution in [2.45, 2.75) is 38.2 Å². The average Bonchev–Trinajstić information content (AvgIpc) is 2.34. The number of hydrogen-bond donors (Lipinski definition) is 2. The van der Waals surface area contributed by atoms with E-state index in [1.54, 1.807) is 45.0 Å². The Balaban J connectivity index is 0.00000288. The molecule has 0 aliphatic carbocycles. The van der Waals surface area contributed by atoms with Crippen molar-refractivity contribution < 1.29 is 13.2 Å². The van der Waals surface area contributed by atoms with Crippen LogP contribution < -0.4 is 10.6 Å². The molecule has 1 atom stereocenters. The molecule has 1 amide bonds. The van der Waals surface area contributed by atoms with Gasteiger partial charge >= 0.3 is 0 Å². The van der Waals surface area contributed by atoms with Crippen LogP contribution in [0.15, 0.2) is 24.3 Å². The van der Waals surface area contributed by atoms with Gasteiger partial charge in [0.15, 0.2) is 9.84 Å². The zero-order chi connectivity index (χ0) is 17.3. The Morgan fingerprint density at radius 2 is 1.96 bits per heavy atom. The molecule has 0 saturated carbocycles. The van der Waals surface area contributed by atoms with Crippen LogP contribution in [0.4, 0.5) is 5.69 Å². The van der Waals surface area contributed by atoms with E-state index in [0.717, 1.165) is 13.1 Å². The van der Waals surface area contributed by atoms with Crippen LogP contribution in [0.2, 0.25) is 0 Å². The number of hydrogen-bond acceptors (Lipinski definition) is 4. The van der Waals surface area contributed by atoms with E-state index in [4.69, 9.17) is 0 Å². The van der Waals surface area contributed by atoms with E-state index < -0.39 is 14.6 Å². The minimum absolute atomic E-state index is 0. The number of rotatable bonds is 5. The van der Waals surface area contributed by atoms with Crippen LogP contribution in [-0.4, -0.2) is 32.2 Å². The van der Waals surface area contributed by atoms with Gasteiger partial charge in [-0.05, 0) is 57.5 Å². The third kappa shape index (κ3) is 4.94. The molecule has 1 aliphatic heterocycles. The van der Waals surface area contributed by atoms with E-state index in [1.165, 1.54) is 0 Å². The van der Waals surface area contributed by atoms with Gasteiger partial charge < -0.3 is 10.6 Å². The van der Waals surface area contributed by atoms with Crippen molar-refractivity contribution in [1.29, 1.82) is 0 Å². The molecule has 1 unspecified atom stereocenters. The molecule has 0 bridgehead atoms. The molecule has 24 heavy (non-hydrogen) atoms. The lowest BCUT2D eigenvalue weighted by molar-refractivity contribution is -0.121. The van der Waals surface area contributed by atoms with E-state index in [2.05, 4.69) is 10.6 Å². The number of halogens is 1. The normalized spacial score (nSPS) is 16.7. The van der Waals surface area contributed by atoms with Crippen molar-refractivity contribution in [1.82, 2.24) is 5.32 Å². The molecule has 7 heteroatoms. The maximum Gasteiger partial charge on any atom is 0.227 e. The van der Waals surface area contributed by atoms with E-state index in [0.29, 0.717) is 17.2 Å². The summed E-state index contributed by atoms with van der Waals surface area (Å²) in [5.41, 5.74) is 1.34. The topological polar surface area (TPSA) is 75.3 Å². The van der Waals surface area contributed by atoms with Gasteiger partial charge in [0.1, 0.15) is 0 Å². The molecule has 2 N–H and O–H groups in total. The van der Waals surface area contributed by atoms with E-state index in [9.17, 15) is 13.2 Å². The second-order valence-electron chi connectivity index (χ2n) is 7.27. The molecule has 1 fully saturated rings. The summed E-state index contributed by atoms with van der Waals surface area (Å²) in [5, 5.41) is 6.06. The van der Waals surface area contributed by atoms with Gasteiger partial charge in [-0.15, -0.1) is 12.4 Å². The van der Waals surface area contributed by atoms with Crippen LogP contribution >= 0.6 is 12.4 Å². The van der Waals surface area contributed by atoms with Crippen molar-refractivity contribution in [2.24, 2.45) is 11.8 Å². The summed E-state index contributed by atoms with van der Waals surface area (Å²) < 4.78 is 23.8. The largest absolute Gasteiger partial charge is 0.326 e. The maximum atomic E-state index is 12.3. The van der Waals surface area contributed by atoms with Crippen LogP contribution in [-0.2, 0) is 20.4 Å². The highest BCUT2D eigenvalue weighted by Gasteiger charge is 2.30. The van der Waals surface area contributed by atoms with E-state index >= 15 is 0 Å². The summed E-state index contributed by atoms with van der Waals surface area (Å²) in [7, 11) is -3.24. The summed E-state index contributed by atoms with van der Waals surface area (Å²) in [5.74, 6) is 0.271. The van der Waals surface area contributed by atoms with Crippen molar-refractivity contribution in [3.05, 3.63) is 29.8 Å². The Kier molecular flexibility index (Phi) is 6.84. The smallest absolute Gasteiger partial charge is 0.227 e. The van der Waals surface area contributed by atoms with E-state index in [-0.39, 0.29) is 30.0 Å². The van der Waals surface area contributed by atoms with Gasteiger partial charge in [-0.3, -0.25) is 4.79 Å². The molecule has 0 aromatic heterocycles. The van der Waals surface area contributed by atoms with Crippen molar-refractivity contribution in [3.8, 4) is 0 Å². The summed E-state index contributed by atoms with van der Waals surface area (Å²) in [6.45, 7) is 8.76. The zero-order valence-electron chi connectivity index (χ0n) is 14.6. The van der Waals surface area contributed by atoms with Gasteiger partial charge in [0.25, 0.3) is 0 Å². The first kappa shape index (κ1) is 20.9. The molecular weight excluding hydrogens is 348 g/mol. The molecule has 1 aromatic rings. The van der Waals surface area contributed by atoms with Gasteiger partial charge in [0, 0.05) is 11.6 Å². The summed E-state index contributed by atoms with van der Waals surface area (Å²) >= 11 is 0. The van der Waals surface area contributed by atoms with Crippen LogP contribution in [0, 0.1) is 11.8 Å². The van der Waals surface area contributed by atoms with Crippen molar-refractivity contribution in [2.75, 3.05) is 18.4 Å². The SMILES string of the molecule is CC(C(=O)Nc1cccc(CS(=O)(=O)C(C)(C)C)c1)C1CNC1.Cl. The summed E-state index contributed by atoms with van der Waals surface area (Å²) in [6.07, 6.45) is 0. The summed E-state index contributed by atoms with van der Waals surface area (Å²) in [6, 6.07) is 7.08. The molecular formula is C17H27ClN2O3S. The molecule has 0 spiro atoms. The Labute approximate surface area is 150 Å². The third-order valence-corrected chi connectivity index (χ3v) is 7.00. The van der Waals surface area contributed by atoms with E-state index in [1.807, 2.05) is 6.92 Å². The Bertz CT molecular complexity index is 679.